The van der Waals surface area contributed by atoms with Gasteiger partial charge in [0.1, 0.15) is 5.65 Å². The van der Waals surface area contributed by atoms with Crippen molar-refractivity contribution < 1.29 is 73.8 Å². The molecule has 152 valence electrons. The number of nitrogens with two attached hydrogens (primary N) is 1. The largest absolute Gasteiger partial charge is 1.00 e. The Hall–Kier alpha value is -1.62. The van der Waals surface area contributed by atoms with Crippen molar-refractivity contribution in [2.75, 3.05) is 5.73 Å². The number of aliphatic carboxylic acids is 1. The molecule has 0 fully saturated rings. The summed E-state index contributed by atoms with van der Waals surface area (Å²) in [6.07, 6.45) is 3.47. The molecule has 0 bridgehead atoms. The summed E-state index contributed by atoms with van der Waals surface area (Å²) >= 11 is 0. The molecule has 3 aromatic rings. The smallest absolute Gasteiger partial charge is 0.481 e. The summed E-state index contributed by atoms with van der Waals surface area (Å²) in [6.45, 7) is 1.78. The van der Waals surface area contributed by atoms with E-state index in [9.17, 15) is 14.4 Å². The van der Waals surface area contributed by atoms with Gasteiger partial charge in [-0.15, -0.1) is 0 Å². The number of amides is 1. The summed E-state index contributed by atoms with van der Waals surface area (Å²) in [7, 11) is 0. The number of carbonyl (C=O) groups is 2. The predicted octanol–water partition coefficient (Wildman–Crippen LogP) is -4.39. The van der Waals surface area contributed by atoms with Crippen LogP contribution in [0.5, 0.6) is 0 Å². The van der Waals surface area contributed by atoms with Gasteiger partial charge in [-0.1, -0.05) is 12.1 Å². The first kappa shape index (κ1) is 27.4. The number of hydrogen-bond acceptors (Lipinski definition) is 5. The van der Waals surface area contributed by atoms with E-state index in [0.717, 1.165) is 11.1 Å². The molecule has 0 saturated heterocycles. The maximum absolute atomic E-state index is 12.2. The van der Waals surface area contributed by atoms with Gasteiger partial charge in [-0.3, -0.25) is 19.4 Å². The van der Waals surface area contributed by atoms with Crippen molar-refractivity contribution >= 4 is 28.9 Å². The zero-order chi connectivity index (χ0) is 21.0. The number of aromatic nitrogens is 3. The third-order valence-electron chi connectivity index (χ3n) is 4.71. The Bertz CT molecular complexity index is 1100. The van der Waals surface area contributed by atoms with Gasteiger partial charge in [0.2, 0.25) is 5.95 Å². The van der Waals surface area contributed by atoms with Crippen LogP contribution in [0.15, 0.2) is 35.3 Å². The summed E-state index contributed by atoms with van der Waals surface area (Å²) in [4.78, 5) is 44.5. The monoisotopic (exact) mass is 443 g/mol. The van der Waals surface area contributed by atoms with Crippen LogP contribution in [0.25, 0.3) is 11.0 Å². The number of nitrogen functional groups attached to an aromatic ring is 1. The number of carbonyl (C=O) groups excluding carboxylic acids is 1. The molecule has 2 aromatic heterocycles. The van der Waals surface area contributed by atoms with Crippen molar-refractivity contribution in [3.63, 3.8) is 0 Å². The number of hydrogen-bond donors (Lipinski definition) is 5. The number of fused-ring (bicyclic) bond motifs is 1. The van der Waals surface area contributed by atoms with Gasteiger partial charge in [0.05, 0.1) is 5.39 Å². The van der Waals surface area contributed by atoms with Crippen molar-refractivity contribution in [1.82, 2.24) is 20.3 Å². The van der Waals surface area contributed by atoms with Crippen LogP contribution >= 0.6 is 0 Å². The summed E-state index contributed by atoms with van der Waals surface area (Å²) in [5, 5.41) is 12.0. The minimum absolute atomic E-state index is 0. The molecule has 0 spiro atoms. The minimum atomic E-state index is -0.883. The first-order valence-electron chi connectivity index (χ1n) is 9.31. The van der Waals surface area contributed by atoms with Crippen LogP contribution in [0.4, 0.5) is 5.95 Å². The fourth-order valence-electron chi connectivity index (χ4n) is 3.14. The van der Waals surface area contributed by atoms with Gasteiger partial charge in [0, 0.05) is 24.2 Å². The summed E-state index contributed by atoms with van der Waals surface area (Å²) < 4.78 is 0. The quantitative estimate of drug-likeness (QED) is 0.222. The fourth-order valence-corrected chi connectivity index (χ4v) is 3.14. The average molecular weight is 443 g/mol. The molecular formula is C20H23N5Na2O4+2. The molecule has 1 amide bonds. The number of nitrogens with one attached hydrogen (secondary N) is 3. The number of aryl methyl sites for hydroxylation is 2. The number of H-pyrrole nitrogens is 2. The molecule has 1 atom stereocenters. The Balaban J connectivity index is 0.00000240. The van der Waals surface area contributed by atoms with Gasteiger partial charge in [0.25, 0.3) is 11.5 Å². The number of rotatable bonds is 8. The standard InChI is InChI=1S/C20H23N5O4.2Na/c1-11(2-9-15(26)27)23-18(28)13-6-3-12(4-7-13)5-8-14-10-22-17-16(14)19(29)25-20(21)24-17;;/h3-4,6-7,10-11H,2,5,8-9H2,1H3,(H,23,28)(H,26,27)(H4,21,22,24,25,29);;/q;2*+1. The topological polar surface area (TPSA) is 154 Å². The van der Waals surface area contributed by atoms with E-state index in [1.807, 2.05) is 12.1 Å². The Kier molecular flexibility index (Phi) is 11.0. The van der Waals surface area contributed by atoms with Crippen LogP contribution in [-0.2, 0) is 17.6 Å². The van der Waals surface area contributed by atoms with E-state index in [2.05, 4.69) is 20.3 Å². The predicted molar refractivity (Wildman–Crippen MR) is 109 cm³/mol. The number of carboxylic acid groups (broad SMARTS) is 1. The molecule has 3 rings (SSSR count). The van der Waals surface area contributed by atoms with Gasteiger partial charge in [0.15, 0.2) is 0 Å². The molecule has 1 unspecified atom stereocenters. The number of nitrogens with zero attached hydrogens (tertiary/aromatic N) is 1. The van der Waals surface area contributed by atoms with E-state index in [0.29, 0.717) is 35.9 Å². The molecule has 11 heteroatoms. The molecule has 0 aliphatic heterocycles. The van der Waals surface area contributed by atoms with Crippen molar-refractivity contribution in [3.8, 4) is 0 Å². The van der Waals surface area contributed by atoms with E-state index in [1.165, 1.54) is 0 Å². The molecule has 0 saturated carbocycles. The van der Waals surface area contributed by atoms with Crippen LogP contribution in [-0.4, -0.2) is 38.0 Å². The van der Waals surface area contributed by atoms with Crippen LogP contribution in [0, 0.1) is 0 Å². The second-order valence-electron chi connectivity index (χ2n) is 6.99. The molecule has 31 heavy (non-hydrogen) atoms. The molecule has 0 radical (unpaired) electrons. The summed E-state index contributed by atoms with van der Waals surface area (Å²) in [5.74, 6) is -1.05. The first-order valence-corrected chi connectivity index (χ1v) is 9.31. The zero-order valence-electron chi connectivity index (χ0n) is 18.0. The number of benzene rings is 1. The van der Waals surface area contributed by atoms with E-state index < -0.39 is 5.97 Å². The van der Waals surface area contributed by atoms with Crippen molar-refractivity contribution in [2.45, 2.75) is 38.6 Å². The Morgan fingerprint density at radius 3 is 2.52 bits per heavy atom. The van der Waals surface area contributed by atoms with E-state index in [-0.39, 0.29) is 89.0 Å². The van der Waals surface area contributed by atoms with Gasteiger partial charge in [-0.05, 0) is 49.4 Å². The summed E-state index contributed by atoms with van der Waals surface area (Å²) in [6, 6.07) is 6.98. The third kappa shape index (κ3) is 7.48. The molecule has 9 nitrogen and oxygen atoms in total. The number of carboxylic acids is 1. The van der Waals surface area contributed by atoms with Crippen molar-refractivity contribution in [2.24, 2.45) is 0 Å². The zero-order valence-corrected chi connectivity index (χ0v) is 22.0. The second-order valence-corrected chi connectivity index (χ2v) is 6.99. The Morgan fingerprint density at radius 1 is 1.19 bits per heavy atom. The number of aromatic amines is 2. The van der Waals surface area contributed by atoms with Gasteiger partial charge < -0.3 is 21.1 Å². The van der Waals surface area contributed by atoms with Gasteiger partial charge >= 0.3 is 65.1 Å². The van der Waals surface area contributed by atoms with Crippen molar-refractivity contribution in [3.05, 3.63) is 57.5 Å². The van der Waals surface area contributed by atoms with Crippen LogP contribution < -0.4 is 75.7 Å². The first-order chi connectivity index (χ1) is 13.8. The van der Waals surface area contributed by atoms with Gasteiger partial charge in [-0.2, -0.15) is 4.98 Å². The SMILES string of the molecule is CC(CCC(=O)O)NC(=O)c1ccc(CCc2c[nH]c3nc(N)[nH]c(=O)c23)cc1.[Na+].[Na+]. The minimum Gasteiger partial charge on any atom is -0.481 e. The van der Waals surface area contributed by atoms with Crippen LogP contribution in [0.2, 0.25) is 0 Å². The van der Waals surface area contributed by atoms with E-state index in [4.69, 9.17) is 10.8 Å². The van der Waals surface area contributed by atoms with E-state index in [1.54, 1.807) is 25.3 Å². The third-order valence-corrected chi connectivity index (χ3v) is 4.71. The van der Waals surface area contributed by atoms with Gasteiger partial charge in [-0.25, -0.2) is 0 Å². The molecule has 1 aromatic carbocycles. The normalized spacial score (nSPS) is 11.3. The fraction of sp³-hybridized carbons (Fsp3) is 0.300. The second kappa shape index (κ2) is 12.4. The van der Waals surface area contributed by atoms with Crippen LogP contribution in [0.3, 0.4) is 0 Å². The van der Waals surface area contributed by atoms with E-state index >= 15 is 0 Å². The Morgan fingerprint density at radius 2 is 1.87 bits per heavy atom. The Labute approximate surface area is 223 Å². The average Bonchev–Trinajstić information content (AvgIpc) is 3.08. The molecular weight excluding hydrogens is 420 g/mol. The molecule has 6 N–H and O–H groups in total. The maximum Gasteiger partial charge on any atom is 1.00 e. The summed E-state index contributed by atoms with van der Waals surface area (Å²) in [5.41, 5.74) is 8.13. The number of anilines is 1. The molecule has 2 heterocycles. The molecule has 0 aliphatic carbocycles. The van der Waals surface area contributed by atoms with Crippen molar-refractivity contribution in [1.29, 1.82) is 0 Å². The van der Waals surface area contributed by atoms with Crippen LogP contribution in [0.1, 0.15) is 41.3 Å². The maximum atomic E-state index is 12.2. The molecule has 0 aliphatic rings.